The highest BCUT2D eigenvalue weighted by Gasteiger charge is 2.40. The van der Waals surface area contributed by atoms with Crippen molar-refractivity contribution in [1.29, 1.82) is 0 Å². The number of carbonyl (C=O) groups is 1. The minimum absolute atomic E-state index is 0.147. The Kier molecular flexibility index (Phi) is 4.49. The van der Waals surface area contributed by atoms with Crippen LogP contribution in [0.2, 0.25) is 0 Å². The van der Waals surface area contributed by atoms with Crippen LogP contribution in [-0.4, -0.2) is 27.0 Å². The number of hydrogen-bond donors (Lipinski definition) is 0. The molecule has 0 aromatic carbocycles. The Bertz CT molecular complexity index is 562. The summed E-state index contributed by atoms with van der Waals surface area (Å²) in [5.74, 6) is -2.59. The van der Waals surface area contributed by atoms with E-state index in [1.54, 1.807) is 0 Å². The standard InChI is InChI=1S/C9H8BrF3N2O2S/c1-2-18(17,15-8(16)9(11,12)13)7-4-3-6(10)5-14-7/h3-5H,2H2,1H3. The fraction of sp³-hybridized carbons (Fsp3) is 0.333. The molecule has 1 heterocycles. The number of alkyl halides is 3. The Morgan fingerprint density at radius 1 is 1.50 bits per heavy atom. The topological polar surface area (TPSA) is 59.4 Å². The molecule has 1 aromatic heterocycles. The SMILES string of the molecule is CCS(=O)(=NC(=O)C(F)(F)F)c1ccc(Br)cn1. The van der Waals surface area contributed by atoms with Gasteiger partial charge in [0.05, 0.1) is 0 Å². The molecule has 1 aromatic rings. The Labute approximate surface area is 110 Å². The summed E-state index contributed by atoms with van der Waals surface area (Å²) in [7, 11) is -3.48. The van der Waals surface area contributed by atoms with Crippen molar-refractivity contribution in [2.45, 2.75) is 18.1 Å². The van der Waals surface area contributed by atoms with Crippen molar-refractivity contribution >= 4 is 31.6 Å². The third kappa shape index (κ3) is 3.52. The van der Waals surface area contributed by atoms with Crippen LogP contribution >= 0.6 is 15.9 Å². The van der Waals surface area contributed by atoms with Gasteiger partial charge in [0, 0.05) is 16.4 Å². The summed E-state index contributed by atoms with van der Waals surface area (Å²) >= 11 is 3.08. The lowest BCUT2D eigenvalue weighted by atomic mass is 10.5. The quantitative estimate of drug-likeness (QED) is 0.828. The molecule has 0 aliphatic rings. The molecule has 9 heteroatoms. The first-order chi connectivity index (χ1) is 8.19. The zero-order chi connectivity index (χ0) is 14.0. The van der Waals surface area contributed by atoms with E-state index in [-0.39, 0.29) is 10.8 Å². The molecule has 0 saturated heterocycles. The number of halogens is 4. The first-order valence-electron chi connectivity index (χ1n) is 4.66. The van der Waals surface area contributed by atoms with Gasteiger partial charge in [-0.25, -0.2) is 9.19 Å². The second kappa shape index (κ2) is 5.35. The van der Waals surface area contributed by atoms with E-state index < -0.39 is 21.8 Å². The van der Waals surface area contributed by atoms with Gasteiger partial charge in [0.25, 0.3) is 0 Å². The summed E-state index contributed by atoms with van der Waals surface area (Å²) in [6.07, 6.45) is -3.86. The third-order valence-corrected chi connectivity index (χ3v) is 4.50. The molecular weight excluding hydrogens is 337 g/mol. The number of pyridine rings is 1. The number of amides is 1. The number of hydrogen-bond acceptors (Lipinski definition) is 3. The summed E-state index contributed by atoms with van der Waals surface area (Å²) in [4.78, 5) is 14.5. The van der Waals surface area contributed by atoms with Gasteiger partial charge in [0.2, 0.25) is 0 Å². The molecule has 100 valence electrons. The average molecular weight is 345 g/mol. The number of aromatic nitrogens is 1. The molecule has 1 atom stereocenters. The highest BCUT2D eigenvalue weighted by Crippen LogP contribution is 2.21. The molecule has 18 heavy (non-hydrogen) atoms. The molecule has 0 aliphatic heterocycles. The Morgan fingerprint density at radius 3 is 2.50 bits per heavy atom. The first kappa shape index (κ1) is 15.1. The highest BCUT2D eigenvalue weighted by atomic mass is 79.9. The van der Waals surface area contributed by atoms with Crippen molar-refractivity contribution in [1.82, 2.24) is 4.98 Å². The molecule has 1 amide bonds. The second-order valence-corrected chi connectivity index (χ2v) is 6.51. The van der Waals surface area contributed by atoms with Gasteiger partial charge < -0.3 is 0 Å². The molecular formula is C9H8BrF3N2O2S. The molecule has 4 nitrogen and oxygen atoms in total. The lowest BCUT2D eigenvalue weighted by molar-refractivity contribution is -0.169. The van der Waals surface area contributed by atoms with Gasteiger partial charge in [-0.15, -0.1) is 4.36 Å². The molecule has 1 rings (SSSR count). The van der Waals surface area contributed by atoms with E-state index >= 15 is 0 Å². The maximum absolute atomic E-state index is 12.2. The van der Waals surface area contributed by atoms with Crippen molar-refractivity contribution < 1.29 is 22.2 Å². The number of nitrogens with zero attached hydrogens (tertiary/aromatic N) is 2. The zero-order valence-corrected chi connectivity index (χ0v) is 11.5. The van der Waals surface area contributed by atoms with Crippen LogP contribution in [0.3, 0.4) is 0 Å². The van der Waals surface area contributed by atoms with E-state index in [9.17, 15) is 22.2 Å². The predicted octanol–water partition coefficient (Wildman–Crippen LogP) is 2.78. The summed E-state index contributed by atoms with van der Waals surface area (Å²) in [6, 6.07) is 2.73. The molecule has 0 fully saturated rings. The predicted molar refractivity (Wildman–Crippen MR) is 62.4 cm³/mol. The molecule has 0 saturated carbocycles. The first-order valence-corrected chi connectivity index (χ1v) is 7.14. The van der Waals surface area contributed by atoms with E-state index in [1.165, 1.54) is 25.3 Å². The Balaban J connectivity index is 3.30. The van der Waals surface area contributed by atoms with E-state index in [0.29, 0.717) is 4.47 Å². The van der Waals surface area contributed by atoms with Crippen molar-refractivity contribution in [2.75, 3.05) is 5.75 Å². The lowest BCUT2D eigenvalue weighted by Gasteiger charge is -2.07. The fourth-order valence-corrected chi connectivity index (χ4v) is 2.62. The molecule has 0 spiro atoms. The fourth-order valence-electron chi connectivity index (χ4n) is 0.996. The van der Waals surface area contributed by atoms with E-state index in [4.69, 9.17) is 0 Å². The smallest absolute Gasteiger partial charge is 0.261 e. The van der Waals surface area contributed by atoms with Crippen LogP contribution in [0, 0.1) is 0 Å². The largest absolute Gasteiger partial charge is 0.474 e. The van der Waals surface area contributed by atoms with Crippen molar-refractivity contribution in [3.05, 3.63) is 22.8 Å². The van der Waals surface area contributed by atoms with E-state index in [2.05, 4.69) is 25.3 Å². The normalized spacial score (nSPS) is 14.9. The minimum atomic E-state index is -5.13. The van der Waals surface area contributed by atoms with Crippen molar-refractivity contribution in [3.8, 4) is 0 Å². The lowest BCUT2D eigenvalue weighted by Crippen LogP contribution is -2.23. The van der Waals surface area contributed by atoms with Crippen LogP contribution < -0.4 is 0 Å². The maximum atomic E-state index is 12.2. The van der Waals surface area contributed by atoms with Gasteiger partial charge in [-0.3, -0.25) is 4.79 Å². The van der Waals surface area contributed by atoms with Crippen LogP contribution in [0.4, 0.5) is 13.2 Å². The van der Waals surface area contributed by atoms with Crippen molar-refractivity contribution in [2.24, 2.45) is 4.36 Å². The van der Waals surface area contributed by atoms with Crippen LogP contribution in [-0.2, 0) is 14.5 Å². The second-order valence-electron chi connectivity index (χ2n) is 3.14. The summed E-state index contributed by atoms with van der Waals surface area (Å²) in [6.45, 7) is 1.37. The van der Waals surface area contributed by atoms with Crippen LogP contribution in [0.5, 0.6) is 0 Å². The third-order valence-electron chi connectivity index (χ3n) is 1.89. The van der Waals surface area contributed by atoms with Gasteiger partial charge in [-0.05, 0) is 28.1 Å². The summed E-state index contributed by atoms with van der Waals surface area (Å²) < 4.78 is 51.8. The maximum Gasteiger partial charge on any atom is 0.474 e. The number of rotatable bonds is 2. The summed E-state index contributed by atoms with van der Waals surface area (Å²) in [5, 5.41) is -0.147. The Hall–Kier alpha value is -0.960. The van der Waals surface area contributed by atoms with Crippen LogP contribution in [0.1, 0.15) is 6.92 Å². The van der Waals surface area contributed by atoms with Gasteiger partial charge in [-0.1, -0.05) is 6.92 Å². The minimum Gasteiger partial charge on any atom is -0.261 e. The average Bonchev–Trinajstić information content (AvgIpc) is 2.28. The van der Waals surface area contributed by atoms with Gasteiger partial charge in [0.15, 0.2) is 0 Å². The monoisotopic (exact) mass is 344 g/mol. The van der Waals surface area contributed by atoms with Crippen molar-refractivity contribution in [3.63, 3.8) is 0 Å². The van der Waals surface area contributed by atoms with Crippen LogP contribution in [0.15, 0.2) is 32.2 Å². The van der Waals surface area contributed by atoms with E-state index in [0.717, 1.165) is 0 Å². The number of carbonyl (C=O) groups excluding carboxylic acids is 1. The molecule has 0 bridgehead atoms. The summed E-state index contributed by atoms with van der Waals surface area (Å²) in [5.41, 5.74) is 0. The molecule has 1 unspecified atom stereocenters. The highest BCUT2D eigenvalue weighted by molar-refractivity contribution is 9.10. The van der Waals surface area contributed by atoms with Gasteiger partial charge >= 0.3 is 12.1 Å². The molecule has 0 aliphatic carbocycles. The van der Waals surface area contributed by atoms with Crippen LogP contribution in [0.25, 0.3) is 0 Å². The van der Waals surface area contributed by atoms with E-state index in [1.807, 2.05) is 0 Å². The molecule has 0 radical (unpaired) electrons. The van der Waals surface area contributed by atoms with Gasteiger partial charge in [-0.2, -0.15) is 13.2 Å². The Morgan fingerprint density at radius 2 is 2.11 bits per heavy atom. The zero-order valence-electron chi connectivity index (χ0n) is 9.07. The molecule has 0 N–H and O–H groups in total. The van der Waals surface area contributed by atoms with Gasteiger partial charge in [0.1, 0.15) is 14.8 Å².